The molecule has 1 aromatic rings. The number of benzene rings is 1. The van der Waals surface area contributed by atoms with Gasteiger partial charge in [-0.2, -0.15) is 5.26 Å². The number of nitriles is 1. The van der Waals surface area contributed by atoms with Crippen LogP contribution in [0.3, 0.4) is 0 Å². The molecule has 1 rings (SSSR count). The maximum atomic E-state index is 11.2. The minimum atomic E-state index is -0.0921. The predicted octanol–water partition coefficient (Wildman–Crippen LogP) is 2.16. The molecule has 0 aromatic heterocycles. The quantitative estimate of drug-likeness (QED) is 0.684. The second-order valence-corrected chi connectivity index (χ2v) is 2.78. The van der Waals surface area contributed by atoms with Gasteiger partial charge in [-0.05, 0) is 26.0 Å². The Hall–Kier alpha value is -1.82. The van der Waals surface area contributed by atoms with Crippen molar-refractivity contribution in [2.24, 2.45) is 0 Å². The number of carbonyl (C=O) groups is 1. The van der Waals surface area contributed by atoms with Gasteiger partial charge in [-0.15, -0.1) is 0 Å². The molecule has 3 heteroatoms. The summed E-state index contributed by atoms with van der Waals surface area (Å²) in [6, 6.07) is 6.97. The third-order valence-electron chi connectivity index (χ3n) is 1.80. The lowest BCUT2D eigenvalue weighted by molar-refractivity contribution is 0.101. The Morgan fingerprint density at radius 3 is 2.79 bits per heavy atom. The number of Topliss-reactive ketones (excluding diaryl/α,β-unsaturated/α-hetero) is 1. The molecule has 0 aliphatic heterocycles. The van der Waals surface area contributed by atoms with Crippen LogP contribution in [-0.4, -0.2) is 12.4 Å². The third kappa shape index (κ3) is 1.91. The molecular formula is C11H11NO2. The molecule has 0 radical (unpaired) electrons. The van der Waals surface area contributed by atoms with Crippen LogP contribution in [0.4, 0.5) is 0 Å². The van der Waals surface area contributed by atoms with E-state index in [1.165, 1.54) is 6.92 Å². The van der Waals surface area contributed by atoms with Gasteiger partial charge in [0.15, 0.2) is 5.78 Å². The van der Waals surface area contributed by atoms with Crippen LogP contribution in [0.25, 0.3) is 0 Å². The molecule has 0 atom stereocenters. The molecule has 0 saturated heterocycles. The number of ether oxygens (including phenoxy) is 1. The number of carbonyl (C=O) groups excluding carboxylic acids is 1. The van der Waals surface area contributed by atoms with Crippen molar-refractivity contribution in [3.8, 4) is 11.8 Å². The van der Waals surface area contributed by atoms with Crippen molar-refractivity contribution in [2.45, 2.75) is 13.8 Å². The maximum Gasteiger partial charge on any atom is 0.163 e. The molecule has 0 spiro atoms. The predicted molar refractivity (Wildman–Crippen MR) is 52.3 cm³/mol. The van der Waals surface area contributed by atoms with Gasteiger partial charge >= 0.3 is 0 Å². The first-order chi connectivity index (χ1) is 6.70. The van der Waals surface area contributed by atoms with Crippen LogP contribution in [0, 0.1) is 11.3 Å². The topological polar surface area (TPSA) is 50.1 Å². The highest BCUT2D eigenvalue weighted by molar-refractivity contribution is 5.97. The molecule has 0 fully saturated rings. The normalized spacial score (nSPS) is 9.21. The SMILES string of the molecule is CCOc1c(C#N)cccc1C(C)=O. The summed E-state index contributed by atoms with van der Waals surface area (Å²) in [4.78, 5) is 11.2. The average molecular weight is 189 g/mol. The van der Waals surface area contributed by atoms with E-state index in [9.17, 15) is 4.79 Å². The zero-order valence-electron chi connectivity index (χ0n) is 8.20. The number of hydrogen-bond donors (Lipinski definition) is 0. The molecule has 0 heterocycles. The molecule has 14 heavy (non-hydrogen) atoms. The van der Waals surface area contributed by atoms with E-state index in [-0.39, 0.29) is 5.78 Å². The Balaban J connectivity index is 3.29. The van der Waals surface area contributed by atoms with E-state index in [0.29, 0.717) is 23.5 Å². The zero-order chi connectivity index (χ0) is 10.6. The van der Waals surface area contributed by atoms with Crippen LogP contribution < -0.4 is 4.74 Å². The van der Waals surface area contributed by atoms with E-state index >= 15 is 0 Å². The molecule has 3 nitrogen and oxygen atoms in total. The maximum absolute atomic E-state index is 11.2. The van der Waals surface area contributed by atoms with Gasteiger partial charge in [0.25, 0.3) is 0 Å². The van der Waals surface area contributed by atoms with Crippen LogP contribution in [0.2, 0.25) is 0 Å². The van der Waals surface area contributed by atoms with Crippen molar-refractivity contribution in [3.05, 3.63) is 29.3 Å². The summed E-state index contributed by atoms with van der Waals surface area (Å²) in [5.41, 5.74) is 0.866. The Kier molecular flexibility index (Phi) is 3.24. The van der Waals surface area contributed by atoms with Gasteiger partial charge in [0, 0.05) is 0 Å². The van der Waals surface area contributed by atoms with Gasteiger partial charge in [-0.3, -0.25) is 4.79 Å². The van der Waals surface area contributed by atoms with Gasteiger partial charge in [0.2, 0.25) is 0 Å². The van der Waals surface area contributed by atoms with Crippen LogP contribution >= 0.6 is 0 Å². The fourth-order valence-corrected chi connectivity index (χ4v) is 1.20. The van der Waals surface area contributed by atoms with Crippen LogP contribution in [-0.2, 0) is 0 Å². The summed E-state index contributed by atoms with van der Waals surface area (Å²) in [7, 11) is 0. The fraction of sp³-hybridized carbons (Fsp3) is 0.273. The minimum absolute atomic E-state index is 0.0921. The Morgan fingerprint density at radius 1 is 1.57 bits per heavy atom. The van der Waals surface area contributed by atoms with Crippen molar-refractivity contribution >= 4 is 5.78 Å². The third-order valence-corrected chi connectivity index (χ3v) is 1.80. The van der Waals surface area contributed by atoms with Gasteiger partial charge in [-0.25, -0.2) is 0 Å². The monoisotopic (exact) mass is 189 g/mol. The first kappa shape index (κ1) is 10.3. The Morgan fingerprint density at radius 2 is 2.29 bits per heavy atom. The highest BCUT2D eigenvalue weighted by Gasteiger charge is 2.12. The van der Waals surface area contributed by atoms with Gasteiger partial charge in [0.05, 0.1) is 17.7 Å². The van der Waals surface area contributed by atoms with Gasteiger partial charge in [0.1, 0.15) is 11.8 Å². The van der Waals surface area contributed by atoms with Crippen LogP contribution in [0.15, 0.2) is 18.2 Å². The molecule has 0 N–H and O–H groups in total. The first-order valence-electron chi connectivity index (χ1n) is 4.37. The van der Waals surface area contributed by atoms with E-state index in [2.05, 4.69) is 0 Å². The second kappa shape index (κ2) is 4.43. The molecule has 0 amide bonds. The lowest BCUT2D eigenvalue weighted by atomic mass is 10.1. The molecule has 0 saturated carbocycles. The summed E-state index contributed by atoms with van der Waals surface area (Å²) in [6.45, 7) is 3.72. The lowest BCUT2D eigenvalue weighted by Crippen LogP contribution is -2.02. The lowest BCUT2D eigenvalue weighted by Gasteiger charge is -2.08. The van der Waals surface area contributed by atoms with E-state index in [1.54, 1.807) is 18.2 Å². The van der Waals surface area contributed by atoms with Crippen molar-refractivity contribution < 1.29 is 9.53 Å². The molecule has 1 aromatic carbocycles. The molecule has 0 aliphatic carbocycles. The van der Waals surface area contributed by atoms with E-state index in [4.69, 9.17) is 10.00 Å². The van der Waals surface area contributed by atoms with E-state index in [1.807, 2.05) is 13.0 Å². The van der Waals surface area contributed by atoms with Gasteiger partial charge in [-0.1, -0.05) is 6.07 Å². The highest BCUT2D eigenvalue weighted by Crippen LogP contribution is 2.23. The molecule has 72 valence electrons. The molecular weight excluding hydrogens is 178 g/mol. The minimum Gasteiger partial charge on any atom is -0.492 e. The standard InChI is InChI=1S/C11H11NO2/c1-3-14-11-9(7-12)5-4-6-10(11)8(2)13/h4-6H,3H2,1-2H3. The van der Waals surface area contributed by atoms with E-state index in [0.717, 1.165) is 0 Å². The van der Waals surface area contributed by atoms with Crippen LogP contribution in [0.5, 0.6) is 5.75 Å². The summed E-state index contributed by atoms with van der Waals surface area (Å²) in [6.07, 6.45) is 0. The first-order valence-corrected chi connectivity index (χ1v) is 4.37. The van der Waals surface area contributed by atoms with Gasteiger partial charge < -0.3 is 4.74 Å². The molecule has 0 aliphatic rings. The average Bonchev–Trinajstić information content (AvgIpc) is 2.18. The largest absolute Gasteiger partial charge is 0.492 e. The van der Waals surface area contributed by atoms with Crippen LogP contribution in [0.1, 0.15) is 29.8 Å². The summed E-state index contributed by atoms with van der Waals surface area (Å²) < 4.78 is 5.28. The van der Waals surface area contributed by atoms with Crippen molar-refractivity contribution in [2.75, 3.05) is 6.61 Å². The summed E-state index contributed by atoms with van der Waals surface area (Å²) in [5, 5.41) is 8.81. The number of para-hydroxylation sites is 1. The van der Waals surface area contributed by atoms with Crippen molar-refractivity contribution in [1.82, 2.24) is 0 Å². The number of ketones is 1. The second-order valence-electron chi connectivity index (χ2n) is 2.78. The molecule has 0 bridgehead atoms. The molecule has 0 unspecified atom stereocenters. The van der Waals surface area contributed by atoms with Crippen molar-refractivity contribution in [1.29, 1.82) is 5.26 Å². The highest BCUT2D eigenvalue weighted by atomic mass is 16.5. The number of nitrogens with zero attached hydrogens (tertiary/aromatic N) is 1. The summed E-state index contributed by atoms with van der Waals surface area (Å²) >= 11 is 0. The zero-order valence-corrected chi connectivity index (χ0v) is 8.20. The van der Waals surface area contributed by atoms with E-state index < -0.39 is 0 Å². The Labute approximate surface area is 82.9 Å². The number of hydrogen-bond acceptors (Lipinski definition) is 3. The Bertz CT molecular complexity index is 391. The van der Waals surface area contributed by atoms with Crippen molar-refractivity contribution in [3.63, 3.8) is 0 Å². The fourth-order valence-electron chi connectivity index (χ4n) is 1.20. The smallest absolute Gasteiger partial charge is 0.163 e. The number of rotatable bonds is 3. The summed E-state index contributed by atoms with van der Waals surface area (Å²) in [5.74, 6) is 0.301.